The van der Waals surface area contributed by atoms with Crippen LogP contribution in [-0.4, -0.2) is 44.2 Å². The topological polar surface area (TPSA) is 41.6 Å². The van der Waals surface area contributed by atoms with Crippen LogP contribution in [0.4, 0.5) is 4.39 Å². The number of rotatable bonds is 3. The van der Waals surface area contributed by atoms with E-state index < -0.39 is 5.54 Å². The molecule has 1 saturated heterocycles. The summed E-state index contributed by atoms with van der Waals surface area (Å²) in [4.78, 5) is 14.4. The van der Waals surface area contributed by atoms with Crippen molar-refractivity contribution in [2.24, 2.45) is 0 Å². The molecule has 1 aliphatic heterocycles. The highest BCUT2D eigenvalue weighted by molar-refractivity contribution is 9.10. The van der Waals surface area contributed by atoms with Gasteiger partial charge in [0.15, 0.2) is 0 Å². The minimum atomic E-state index is -0.910. The maximum Gasteiger partial charge on any atom is 0.330 e. The van der Waals surface area contributed by atoms with E-state index in [0.717, 1.165) is 31.7 Å². The van der Waals surface area contributed by atoms with Gasteiger partial charge in [0, 0.05) is 26.2 Å². The maximum absolute atomic E-state index is 13.4. The molecule has 0 aromatic heterocycles. The summed E-state index contributed by atoms with van der Waals surface area (Å²) in [7, 11) is 1.38. The number of carbonyl (C=O) groups excluding carboxylic acids is 1. The second kappa shape index (κ2) is 6.20. The molecule has 1 aromatic carbocycles. The third kappa shape index (κ3) is 2.73. The minimum absolute atomic E-state index is 0.335. The SMILES string of the molecule is COC(=O)C(C)(c1ccc(F)c(Br)c1)N1CCNCC1. The third-order valence-corrected chi connectivity index (χ3v) is 4.42. The van der Waals surface area contributed by atoms with Gasteiger partial charge in [-0.3, -0.25) is 4.90 Å². The van der Waals surface area contributed by atoms with Gasteiger partial charge in [0.2, 0.25) is 0 Å². The van der Waals surface area contributed by atoms with Crippen LogP contribution < -0.4 is 5.32 Å². The summed E-state index contributed by atoms with van der Waals surface area (Å²) < 4.78 is 18.8. The summed E-state index contributed by atoms with van der Waals surface area (Å²) in [6, 6.07) is 4.65. The Kier molecular flexibility index (Phi) is 4.78. The molecule has 0 amide bonds. The molecular formula is C14H18BrFN2O2. The molecule has 4 nitrogen and oxygen atoms in total. The Hall–Kier alpha value is -0.980. The van der Waals surface area contributed by atoms with Crippen molar-refractivity contribution in [3.8, 4) is 0 Å². The Morgan fingerprint density at radius 3 is 2.65 bits per heavy atom. The van der Waals surface area contributed by atoms with Crippen LogP contribution in [0.1, 0.15) is 12.5 Å². The van der Waals surface area contributed by atoms with Crippen molar-refractivity contribution in [1.82, 2.24) is 10.2 Å². The summed E-state index contributed by atoms with van der Waals surface area (Å²) >= 11 is 3.18. The molecule has 1 atom stereocenters. The van der Waals surface area contributed by atoms with Crippen LogP contribution in [-0.2, 0) is 15.1 Å². The lowest BCUT2D eigenvalue weighted by molar-refractivity contribution is -0.155. The molecule has 1 fully saturated rings. The minimum Gasteiger partial charge on any atom is -0.467 e. The van der Waals surface area contributed by atoms with Gasteiger partial charge in [0.05, 0.1) is 11.6 Å². The van der Waals surface area contributed by atoms with Gasteiger partial charge in [-0.2, -0.15) is 0 Å². The van der Waals surface area contributed by atoms with Gasteiger partial charge in [-0.05, 0) is 40.5 Å². The van der Waals surface area contributed by atoms with Crippen molar-refractivity contribution in [1.29, 1.82) is 0 Å². The highest BCUT2D eigenvalue weighted by Gasteiger charge is 2.42. The zero-order chi connectivity index (χ0) is 14.8. The first-order valence-corrected chi connectivity index (χ1v) is 7.29. The normalized spacial score (nSPS) is 19.4. The number of nitrogens with zero attached hydrogens (tertiary/aromatic N) is 1. The summed E-state index contributed by atoms with van der Waals surface area (Å²) in [6.07, 6.45) is 0. The Bertz CT molecular complexity index is 506. The maximum atomic E-state index is 13.4. The summed E-state index contributed by atoms with van der Waals surface area (Å²) in [5.41, 5.74) is -0.188. The average molecular weight is 345 g/mol. The smallest absolute Gasteiger partial charge is 0.330 e. The number of benzene rings is 1. The molecule has 6 heteroatoms. The third-order valence-electron chi connectivity index (χ3n) is 3.81. The lowest BCUT2D eigenvalue weighted by atomic mass is 9.89. The molecule has 1 N–H and O–H groups in total. The lowest BCUT2D eigenvalue weighted by Crippen LogP contribution is -2.57. The Balaban J connectivity index is 2.44. The largest absolute Gasteiger partial charge is 0.467 e. The van der Waals surface area contributed by atoms with Gasteiger partial charge in [-0.15, -0.1) is 0 Å². The molecular weight excluding hydrogens is 327 g/mol. The quantitative estimate of drug-likeness (QED) is 0.850. The molecule has 1 heterocycles. The summed E-state index contributed by atoms with van der Waals surface area (Å²) in [5, 5.41) is 3.25. The van der Waals surface area contributed by atoms with Crippen molar-refractivity contribution in [2.75, 3.05) is 33.3 Å². The van der Waals surface area contributed by atoms with Crippen LogP contribution in [0.25, 0.3) is 0 Å². The number of nitrogens with one attached hydrogen (secondary N) is 1. The fourth-order valence-electron chi connectivity index (χ4n) is 2.54. The molecule has 0 bridgehead atoms. The number of methoxy groups -OCH3 is 1. The van der Waals surface area contributed by atoms with Crippen molar-refractivity contribution < 1.29 is 13.9 Å². The number of piperazine rings is 1. The van der Waals surface area contributed by atoms with Crippen LogP contribution in [0.5, 0.6) is 0 Å². The van der Waals surface area contributed by atoms with Gasteiger partial charge in [-0.1, -0.05) is 6.07 Å². The first-order chi connectivity index (χ1) is 9.50. The first-order valence-electron chi connectivity index (χ1n) is 6.50. The number of hydrogen-bond acceptors (Lipinski definition) is 4. The van der Waals surface area contributed by atoms with Gasteiger partial charge in [-0.25, -0.2) is 9.18 Å². The summed E-state index contributed by atoms with van der Waals surface area (Å²) in [6.45, 7) is 4.93. The Labute approximate surface area is 126 Å². The highest BCUT2D eigenvalue weighted by atomic mass is 79.9. The number of hydrogen-bond donors (Lipinski definition) is 1. The van der Waals surface area contributed by atoms with E-state index in [2.05, 4.69) is 26.1 Å². The van der Waals surface area contributed by atoms with Crippen LogP contribution in [0.2, 0.25) is 0 Å². The molecule has 20 heavy (non-hydrogen) atoms. The molecule has 0 aliphatic carbocycles. The fraction of sp³-hybridized carbons (Fsp3) is 0.500. The molecule has 0 radical (unpaired) electrons. The predicted octanol–water partition coefficient (Wildman–Crippen LogP) is 1.88. The van der Waals surface area contributed by atoms with Crippen molar-refractivity contribution in [3.63, 3.8) is 0 Å². The second-order valence-electron chi connectivity index (χ2n) is 4.93. The second-order valence-corrected chi connectivity index (χ2v) is 5.78. The van der Waals surface area contributed by atoms with Crippen LogP contribution >= 0.6 is 15.9 Å². The van der Waals surface area contributed by atoms with E-state index >= 15 is 0 Å². The molecule has 110 valence electrons. The van der Waals surface area contributed by atoms with Crippen LogP contribution in [0, 0.1) is 5.82 Å². The lowest BCUT2D eigenvalue weighted by Gasteiger charge is -2.41. The Morgan fingerprint density at radius 1 is 1.45 bits per heavy atom. The zero-order valence-corrected chi connectivity index (χ0v) is 13.2. The molecule has 1 unspecified atom stereocenters. The van der Waals surface area contributed by atoms with Crippen molar-refractivity contribution in [2.45, 2.75) is 12.5 Å². The monoisotopic (exact) mass is 344 g/mol. The van der Waals surface area contributed by atoms with E-state index in [1.165, 1.54) is 13.2 Å². The number of ether oxygens (including phenoxy) is 1. The van der Waals surface area contributed by atoms with Gasteiger partial charge >= 0.3 is 5.97 Å². The molecule has 1 aliphatic rings. The number of esters is 1. The fourth-order valence-corrected chi connectivity index (χ4v) is 2.92. The van der Waals surface area contributed by atoms with E-state index in [4.69, 9.17) is 4.74 Å². The molecule has 1 aromatic rings. The van der Waals surface area contributed by atoms with Crippen LogP contribution in [0.3, 0.4) is 0 Å². The number of carbonyl (C=O) groups is 1. The van der Waals surface area contributed by atoms with Crippen LogP contribution in [0.15, 0.2) is 22.7 Å². The van der Waals surface area contributed by atoms with Crippen molar-refractivity contribution in [3.05, 3.63) is 34.1 Å². The van der Waals surface area contributed by atoms with E-state index in [1.54, 1.807) is 12.1 Å². The predicted molar refractivity (Wildman–Crippen MR) is 77.9 cm³/mol. The summed E-state index contributed by atoms with van der Waals surface area (Å²) in [5.74, 6) is -0.681. The molecule has 0 saturated carbocycles. The Morgan fingerprint density at radius 2 is 2.10 bits per heavy atom. The highest BCUT2D eigenvalue weighted by Crippen LogP contribution is 2.32. The van der Waals surface area contributed by atoms with Crippen molar-refractivity contribution >= 4 is 21.9 Å². The molecule has 2 rings (SSSR count). The van der Waals surface area contributed by atoms with E-state index in [9.17, 15) is 9.18 Å². The van der Waals surface area contributed by atoms with Gasteiger partial charge in [0.25, 0.3) is 0 Å². The number of halogens is 2. The van der Waals surface area contributed by atoms with E-state index in [0.29, 0.717) is 4.47 Å². The standard InChI is InChI=1S/C14H18BrFN2O2/c1-14(13(19)20-2,18-7-5-17-6-8-18)10-3-4-12(16)11(15)9-10/h3-4,9,17H,5-8H2,1-2H3. The van der Waals surface area contributed by atoms with E-state index in [-0.39, 0.29) is 11.8 Å². The molecule has 0 spiro atoms. The zero-order valence-electron chi connectivity index (χ0n) is 11.6. The first kappa shape index (κ1) is 15.4. The average Bonchev–Trinajstić information content (AvgIpc) is 2.49. The van der Waals surface area contributed by atoms with Gasteiger partial charge < -0.3 is 10.1 Å². The van der Waals surface area contributed by atoms with Gasteiger partial charge in [0.1, 0.15) is 11.4 Å². The van der Waals surface area contributed by atoms with E-state index in [1.807, 2.05) is 6.92 Å².